The lowest BCUT2D eigenvalue weighted by molar-refractivity contribution is 0.101. The van der Waals surface area contributed by atoms with Gasteiger partial charge < -0.3 is 5.11 Å². The molecular formula is C15H14O2. The zero-order valence-electron chi connectivity index (χ0n) is 9.90. The van der Waals surface area contributed by atoms with Crippen molar-refractivity contribution in [2.75, 3.05) is 0 Å². The summed E-state index contributed by atoms with van der Waals surface area (Å²) in [7, 11) is 0. The predicted octanol–water partition coefficient (Wildman–Crippen LogP) is 3.57. The van der Waals surface area contributed by atoms with E-state index in [2.05, 4.69) is 0 Å². The van der Waals surface area contributed by atoms with Crippen molar-refractivity contribution in [3.8, 4) is 16.9 Å². The number of hydrogen-bond donors (Lipinski definition) is 1. The van der Waals surface area contributed by atoms with Crippen molar-refractivity contribution in [2.45, 2.75) is 13.8 Å². The first kappa shape index (κ1) is 11.4. The van der Waals surface area contributed by atoms with E-state index in [4.69, 9.17) is 0 Å². The summed E-state index contributed by atoms with van der Waals surface area (Å²) in [5, 5.41) is 9.57. The largest absolute Gasteiger partial charge is 0.508 e. The van der Waals surface area contributed by atoms with Gasteiger partial charge in [0, 0.05) is 5.56 Å². The first-order chi connectivity index (χ1) is 8.06. The summed E-state index contributed by atoms with van der Waals surface area (Å²) < 4.78 is 0. The molecular weight excluding hydrogens is 212 g/mol. The van der Waals surface area contributed by atoms with E-state index in [1.54, 1.807) is 25.1 Å². The van der Waals surface area contributed by atoms with E-state index < -0.39 is 0 Å². The van der Waals surface area contributed by atoms with Crippen LogP contribution in [-0.2, 0) is 0 Å². The molecule has 0 aliphatic rings. The van der Waals surface area contributed by atoms with Gasteiger partial charge in [0.15, 0.2) is 5.78 Å². The molecule has 0 aliphatic carbocycles. The third-order valence-corrected chi connectivity index (χ3v) is 2.66. The summed E-state index contributed by atoms with van der Waals surface area (Å²) >= 11 is 0. The number of phenolic OH excluding ortho intramolecular Hbond substituents is 1. The van der Waals surface area contributed by atoms with Crippen LogP contribution in [0.25, 0.3) is 11.1 Å². The molecule has 1 N–H and O–H groups in total. The first-order valence-electron chi connectivity index (χ1n) is 5.48. The first-order valence-corrected chi connectivity index (χ1v) is 5.48. The van der Waals surface area contributed by atoms with Gasteiger partial charge in [0.25, 0.3) is 0 Å². The second kappa shape index (κ2) is 4.42. The van der Waals surface area contributed by atoms with Crippen LogP contribution in [0.3, 0.4) is 0 Å². The molecule has 86 valence electrons. The molecule has 0 radical (unpaired) electrons. The second-order valence-corrected chi connectivity index (χ2v) is 4.19. The molecule has 0 saturated carbocycles. The molecule has 0 aliphatic heterocycles. The maximum absolute atomic E-state index is 11.3. The number of carbonyl (C=O) groups excluding carboxylic acids is 1. The number of rotatable bonds is 2. The molecule has 2 aromatic carbocycles. The van der Waals surface area contributed by atoms with Gasteiger partial charge in [0.1, 0.15) is 5.75 Å². The molecule has 0 amide bonds. The van der Waals surface area contributed by atoms with Crippen LogP contribution in [-0.4, -0.2) is 10.9 Å². The molecule has 0 aromatic heterocycles. The van der Waals surface area contributed by atoms with Crippen molar-refractivity contribution in [1.82, 2.24) is 0 Å². The van der Waals surface area contributed by atoms with Gasteiger partial charge >= 0.3 is 0 Å². The number of phenols is 1. The highest BCUT2D eigenvalue weighted by atomic mass is 16.3. The number of Topliss-reactive ketones (excluding diaryl/α,β-unsaturated/α-hetero) is 1. The highest BCUT2D eigenvalue weighted by molar-refractivity contribution is 5.95. The van der Waals surface area contributed by atoms with Gasteiger partial charge in [0.2, 0.25) is 0 Å². The third kappa shape index (κ3) is 2.53. The van der Waals surface area contributed by atoms with E-state index in [-0.39, 0.29) is 11.5 Å². The molecule has 2 nitrogen and oxygen atoms in total. The quantitative estimate of drug-likeness (QED) is 0.795. The molecule has 2 heteroatoms. The molecule has 2 aromatic rings. The highest BCUT2D eigenvalue weighted by Crippen LogP contribution is 2.25. The molecule has 0 saturated heterocycles. The normalized spacial score (nSPS) is 10.2. The van der Waals surface area contributed by atoms with E-state index in [1.165, 1.54) is 0 Å². The maximum atomic E-state index is 11.3. The molecule has 2 rings (SSSR count). The summed E-state index contributed by atoms with van der Waals surface area (Å²) in [6.45, 7) is 3.48. The number of ketones is 1. The lowest BCUT2D eigenvalue weighted by Gasteiger charge is -2.06. The Balaban J connectivity index is 2.52. The smallest absolute Gasteiger partial charge is 0.159 e. The van der Waals surface area contributed by atoms with Crippen molar-refractivity contribution in [1.29, 1.82) is 0 Å². The molecule has 0 bridgehead atoms. The maximum Gasteiger partial charge on any atom is 0.159 e. The van der Waals surface area contributed by atoms with Crippen LogP contribution in [0, 0.1) is 6.92 Å². The summed E-state index contributed by atoms with van der Waals surface area (Å²) in [6, 6.07) is 12.8. The zero-order chi connectivity index (χ0) is 12.4. The summed E-state index contributed by atoms with van der Waals surface area (Å²) in [5.41, 5.74) is 3.54. The molecule has 0 spiro atoms. The van der Waals surface area contributed by atoms with Gasteiger partial charge in [-0.3, -0.25) is 4.79 Å². The van der Waals surface area contributed by atoms with E-state index in [0.717, 1.165) is 16.7 Å². The molecule has 17 heavy (non-hydrogen) atoms. The average molecular weight is 226 g/mol. The van der Waals surface area contributed by atoms with Gasteiger partial charge in [-0.15, -0.1) is 0 Å². The summed E-state index contributed by atoms with van der Waals surface area (Å²) in [6.07, 6.45) is 0. The number of carbonyl (C=O) groups is 1. The SMILES string of the molecule is CC(=O)c1cccc(-c2cc(C)cc(O)c2)c1. The fourth-order valence-electron chi connectivity index (χ4n) is 1.85. The minimum Gasteiger partial charge on any atom is -0.508 e. The van der Waals surface area contributed by atoms with Crippen LogP contribution in [0.2, 0.25) is 0 Å². The summed E-state index contributed by atoms with van der Waals surface area (Å²) in [4.78, 5) is 11.3. The molecule has 0 heterocycles. The van der Waals surface area contributed by atoms with E-state index in [9.17, 15) is 9.90 Å². The van der Waals surface area contributed by atoms with E-state index in [0.29, 0.717) is 5.56 Å². The topological polar surface area (TPSA) is 37.3 Å². The van der Waals surface area contributed by atoms with E-state index in [1.807, 2.05) is 31.2 Å². The fraction of sp³-hybridized carbons (Fsp3) is 0.133. The summed E-state index contributed by atoms with van der Waals surface area (Å²) in [5.74, 6) is 0.289. The minimum atomic E-state index is 0.0451. The standard InChI is InChI=1S/C15H14O2/c1-10-6-14(9-15(17)7-10)13-5-3-4-12(8-13)11(2)16/h3-9,17H,1-2H3. The Hall–Kier alpha value is -2.09. The Labute approximate surface area is 101 Å². The zero-order valence-corrected chi connectivity index (χ0v) is 9.90. The number of benzene rings is 2. The third-order valence-electron chi connectivity index (χ3n) is 2.66. The highest BCUT2D eigenvalue weighted by Gasteiger charge is 2.04. The van der Waals surface area contributed by atoms with Crippen LogP contribution < -0.4 is 0 Å². The lowest BCUT2D eigenvalue weighted by Crippen LogP contribution is -1.91. The average Bonchev–Trinajstić information content (AvgIpc) is 2.28. The molecule has 0 unspecified atom stereocenters. The van der Waals surface area contributed by atoms with Crippen molar-refractivity contribution >= 4 is 5.78 Å². The van der Waals surface area contributed by atoms with Crippen LogP contribution in [0.15, 0.2) is 42.5 Å². The number of hydrogen-bond acceptors (Lipinski definition) is 2. The van der Waals surface area contributed by atoms with Gasteiger partial charge in [-0.05, 0) is 48.7 Å². The number of aryl methyl sites for hydroxylation is 1. The Kier molecular flexibility index (Phi) is 2.96. The minimum absolute atomic E-state index is 0.0451. The van der Waals surface area contributed by atoms with Crippen molar-refractivity contribution < 1.29 is 9.90 Å². The Morgan fingerprint density at radius 3 is 2.47 bits per heavy atom. The Morgan fingerprint density at radius 1 is 1.06 bits per heavy atom. The van der Waals surface area contributed by atoms with Crippen molar-refractivity contribution in [3.05, 3.63) is 53.6 Å². The predicted molar refractivity (Wildman–Crippen MR) is 68.3 cm³/mol. The fourth-order valence-corrected chi connectivity index (χ4v) is 1.85. The van der Waals surface area contributed by atoms with Crippen LogP contribution in [0.4, 0.5) is 0 Å². The van der Waals surface area contributed by atoms with E-state index >= 15 is 0 Å². The second-order valence-electron chi connectivity index (χ2n) is 4.19. The van der Waals surface area contributed by atoms with Crippen LogP contribution in [0.5, 0.6) is 5.75 Å². The van der Waals surface area contributed by atoms with Crippen LogP contribution >= 0.6 is 0 Å². The van der Waals surface area contributed by atoms with Crippen molar-refractivity contribution in [2.24, 2.45) is 0 Å². The van der Waals surface area contributed by atoms with Crippen molar-refractivity contribution in [3.63, 3.8) is 0 Å². The van der Waals surface area contributed by atoms with Crippen LogP contribution in [0.1, 0.15) is 22.8 Å². The van der Waals surface area contributed by atoms with Gasteiger partial charge in [-0.2, -0.15) is 0 Å². The Bertz CT molecular complexity index is 551. The molecule has 0 atom stereocenters. The number of aromatic hydroxyl groups is 1. The molecule has 0 fully saturated rings. The monoisotopic (exact) mass is 226 g/mol. The lowest BCUT2D eigenvalue weighted by atomic mass is 10.00. The van der Waals surface area contributed by atoms with Gasteiger partial charge in [-0.1, -0.05) is 24.3 Å². The van der Waals surface area contributed by atoms with Gasteiger partial charge in [0.05, 0.1) is 0 Å². The Morgan fingerprint density at radius 2 is 1.82 bits per heavy atom. The van der Waals surface area contributed by atoms with Gasteiger partial charge in [-0.25, -0.2) is 0 Å².